The van der Waals surface area contributed by atoms with Gasteiger partial charge in [-0.3, -0.25) is 9.48 Å². The number of carboxylic acid groups (broad SMARTS) is 1. The van der Waals surface area contributed by atoms with Crippen molar-refractivity contribution >= 4 is 11.9 Å². The Kier molecular flexibility index (Phi) is 6.30. The molecule has 0 radical (unpaired) electrons. The second-order valence-electron chi connectivity index (χ2n) is 6.78. The van der Waals surface area contributed by atoms with Crippen molar-refractivity contribution in [2.45, 2.75) is 25.8 Å². The van der Waals surface area contributed by atoms with Crippen LogP contribution in [-0.4, -0.2) is 65.1 Å². The second kappa shape index (κ2) is 8.88. The summed E-state index contributed by atoms with van der Waals surface area (Å²) in [6.07, 6.45) is 2.88. The van der Waals surface area contributed by atoms with Gasteiger partial charge in [-0.05, 0) is 44.0 Å². The quantitative estimate of drug-likeness (QED) is 0.733. The predicted octanol–water partition coefficient (Wildman–Crippen LogP) is 2.39. The molecule has 1 aromatic heterocycles. The molecule has 1 aliphatic heterocycles. The van der Waals surface area contributed by atoms with Gasteiger partial charge in [-0.2, -0.15) is 5.10 Å². The molecule has 1 aromatic carbocycles. The minimum absolute atomic E-state index is 0.00898. The van der Waals surface area contributed by atoms with E-state index >= 15 is 0 Å². The number of carboxylic acids is 1. The van der Waals surface area contributed by atoms with Crippen molar-refractivity contribution in [2.24, 2.45) is 0 Å². The van der Waals surface area contributed by atoms with Crippen LogP contribution in [-0.2, 0) is 4.74 Å². The van der Waals surface area contributed by atoms with Crippen LogP contribution >= 0.6 is 0 Å². The predicted molar refractivity (Wildman–Crippen MR) is 102 cm³/mol. The smallest absolute Gasteiger partial charge is 0.339 e. The number of aromatic carboxylic acids is 1. The van der Waals surface area contributed by atoms with Crippen molar-refractivity contribution in [3.05, 3.63) is 47.3 Å². The number of hydrogen-bond donors (Lipinski definition) is 1. The first-order chi connectivity index (χ1) is 13.5. The van der Waals surface area contributed by atoms with E-state index in [1.54, 1.807) is 43.0 Å². The second-order valence-corrected chi connectivity index (χ2v) is 6.78. The third-order valence-electron chi connectivity index (χ3n) is 5.03. The number of likely N-dealkylation sites (tertiary alicyclic amines) is 1. The van der Waals surface area contributed by atoms with Gasteiger partial charge < -0.3 is 19.5 Å². The highest BCUT2D eigenvalue weighted by Gasteiger charge is 2.27. The highest BCUT2D eigenvalue weighted by molar-refractivity contribution is 5.94. The van der Waals surface area contributed by atoms with Gasteiger partial charge in [0.05, 0.1) is 24.5 Å². The number of carbonyl (C=O) groups is 2. The minimum Gasteiger partial charge on any atom is -0.491 e. The van der Waals surface area contributed by atoms with Gasteiger partial charge in [0.2, 0.25) is 0 Å². The third-order valence-corrected chi connectivity index (χ3v) is 5.03. The van der Waals surface area contributed by atoms with Gasteiger partial charge in [0, 0.05) is 25.8 Å². The molecule has 1 N–H and O–H groups in total. The zero-order chi connectivity index (χ0) is 20.1. The molecule has 1 amide bonds. The van der Waals surface area contributed by atoms with Crippen LogP contribution < -0.4 is 4.74 Å². The molecule has 1 saturated heterocycles. The first-order valence-corrected chi connectivity index (χ1v) is 9.29. The van der Waals surface area contributed by atoms with Crippen molar-refractivity contribution in [3.63, 3.8) is 0 Å². The molecule has 28 heavy (non-hydrogen) atoms. The molecule has 150 valence electrons. The molecule has 0 bridgehead atoms. The van der Waals surface area contributed by atoms with Crippen LogP contribution in [0.5, 0.6) is 5.75 Å². The molecular weight excluding hydrogens is 362 g/mol. The van der Waals surface area contributed by atoms with Gasteiger partial charge in [-0.25, -0.2) is 4.79 Å². The van der Waals surface area contributed by atoms with E-state index in [4.69, 9.17) is 9.47 Å². The Bertz CT molecular complexity index is 823. The van der Waals surface area contributed by atoms with Crippen molar-refractivity contribution < 1.29 is 24.2 Å². The lowest BCUT2D eigenvalue weighted by molar-refractivity contribution is 0.0688. The lowest BCUT2D eigenvalue weighted by Gasteiger charge is -2.32. The average Bonchev–Trinajstić information content (AvgIpc) is 3.10. The van der Waals surface area contributed by atoms with E-state index in [9.17, 15) is 14.7 Å². The highest BCUT2D eigenvalue weighted by atomic mass is 16.5. The molecule has 0 spiro atoms. The van der Waals surface area contributed by atoms with E-state index in [-0.39, 0.29) is 17.5 Å². The standard InChI is InChI=1S/C20H25N3O5/c1-14-18(20(25)26)13-21-23(14)16-7-9-22(10-8-16)19(24)15-3-5-17(6-4-15)28-12-11-27-2/h3-6,13,16H,7-12H2,1-2H3,(H,25,26). The van der Waals surface area contributed by atoms with Gasteiger partial charge in [0.25, 0.3) is 5.91 Å². The number of methoxy groups -OCH3 is 1. The number of nitrogens with zero attached hydrogens (tertiary/aromatic N) is 3. The van der Waals surface area contributed by atoms with Gasteiger partial charge >= 0.3 is 5.97 Å². The van der Waals surface area contributed by atoms with E-state index in [1.165, 1.54) is 6.20 Å². The normalized spacial score (nSPS) is 14.9. The third kappa shape index (κ3) is 4.33. The van der Waals surface area contributed by atoms with E-state index in [2.05, 4.69) is 5.10 Å². The zero-order valence-electron chi connectivity index (χ0n) is 16.1. The van der Waals surface area contributed by atoms with Crippen LogP contribution in [0.2, 0.25) is 0 Å². The Morgan fingerprint density at radius 3 is 2.43 bits per heavy atom. The Balaban J connectivity index is 1.57. The molecule has 1 fully saturated rings. The number of amides is 1. The van der Waals surface area contributed by atoms with Crippen LogP contribution in [0.25, 0.3) is 0 Å². The van der Waals surface area contributed by atoms with Crippen molar-refractivity contribution in [2.75, 3.05) is 33.4 Å². The number of rotatable bonds is 7. The Labute approximate surface area is 163 Å². The summed E-state index contributed by atoms with van der Waals surface area (Å²) in [5.41, 5.74) is 1.51. The SMILES string of the molecule is COCCOc1ccc(C(=O)N2CCC(n3ncc(C(=O)O)c3C)CC2)cc1. The van der Waals surface area contributed by atoms with Gasteiger partial charge in [0.15, 0.2) is 0 Å². The number of aromatic nitrogens is 2. The average molecular weight is 387 g/mol. The van der Waals surface area contributed by atoms with E-state index in [1.807, 2.05) is 4.90 Å². The maximum atomic E-state index is 12.7. The van der Waals surface area contributed by atoms with Crippen LogP contribution in [0.1, 0.15) is 45.3 Å². The largest absolute Gasteiger partial charge is 0.491 e. The highest BCUT2D eigenvalue weighted by Crippen LogP contribution is 2.26. The van der Waals surface area contributed by atoms with Crippen molar-refractivity contribution in [1.29, 1.82) is 0 Å². The van der Waals surface area contributed by atoms with E-state index in [0.717, 1.165) is 12.8 Å². The van der Waals surface area contributed by atoms with E-state index < -0.39 is 5.97 Å². The first-order valence-electron chi connectivity index (χ1n) is 9.29. The summed E-state index contributed by atoms with van der Waals surface area (Å²) in [6.45, 7) is 3.96. The van der Waals surface area contributed by atoms with Gasteiger partial charge in [0.1, 0.15) is 17.9 Å². The number of benzene rings is 1. The molecule has 3 rings (SSSR count). The van der Waals surface area contributed by atoms with Gasteiger partial charge in [-0.1, -0.05) is 0 Å². The molecule has 8 nitrogen and oxygen atoms in total. The fourth-order valence-electron chi connectivity index (χ4n) is 3.43. The number of piperidine rings is 1. The molecule has 1 aliphatic rings. The summed E-state index contributed by atoms with van der Waals surface area (Å²) in [5.74, 6) is -0.271. The summed E-state index contributed by atoms with van der Waals surface area (Å²) >= 11 is 0. The Morgan fingerprint density at radius 1 is 1.18 bits per heavy atom. The molecular formula is C20H25N3O5. The summed E-state index contributed by atoms with van der Waals surface area (Å²) in [7, 11) is 1.62. The van der Waals surface area contributed by atoms with Crippen LogP contribution in [0, 0.1) is 6.92 Å². The molecule has 0 saturated carbocycles. The van der Waals surface area contributed by atoms with Crippen LogP contribution in [0.15, 0.2) is 30.5 Å². The minimum atomic E-state index is -0.967. The monoisotopic (exact) mass is 387 g/mol. The number of ether oxygens (including phenoxy) is 2. The summed E-state index contributed by atoms with van der Waals surface area (Å²) < 4.78 is 12.2. The first kappa shape index (κ1) is 19.9. The summed E-state index contributed by atoms with van der Waals surface area (Å²) in [4.78, 5) is 25.8. The maximum Gasteiger partial charge on any atom is 0.339 e. The fraction of sp³-hybridized carbons (Fsp3) is 0.450. The lowest BCUT2D eigenvalue weighted by atomic mass is 10.0. The van der Waals surface area contributed by atoms with E-state index in [0.29, 0.717) is 43.3 Å². The zero-order valence-corrected chi connectivity index (χ0v) is 16.1. The molecule has 2 aromatic rings. The van der Waals surface area contributed by atoms with Crippen molar-refractivity contribution in [3.8, 4) is 5.75 Å². The molecule has 0 aliphatic carbocycles. The maximum absolute atomic E-state index is 12.7. The molecule has 0 unspecified atom stereocenters. The fourth-order valence-corrected chi connectivity index (χ4v) is 3.43. The Hall–Kier alpha value is -2.87. The summed E-state index contributed by atoms with van der Waals surface area (Å²) in [6, 6.07) is 7.22. The Morgan fingerprint density at radius 2 is 1.86 bits per heavy atom. The van der Waals surface area contributed by atoms with Gasteiger partial charge in [-0.15, -0.1) is 0 Å². The lowest BCUT2D eigenvalue weighted by Crippen LogP contribution is -2.39. The van der Waals surface area contributed by atoms with Crippen LogP contribution in [0.3, 0.4) is 0 Å². The molecule has 8 heteroatoms. The summed E-state index contributed by atoms with van der Waals surface area (Å²) in [5, 5.41) is 13.4. The van der Waals surface area contributed by atoms with Crippen molar-refractivity contribution in [1.82, 2.24) is 14.7 Å². The topological polar surface area (TPSA) is 93.9 Å². The molecule has 0 atom stereocenters. The number of hydrogen-bond acceptors (Lipinski definition) is 5. The van der Waals surface area contributed by atoms with Crippen LogP contribution in [0.4, 0.5) is 0 Å². The number of carbonyl (C=O) groups excluding carboxylic acids is 1. The molecule has 2 heterocycles.